The first-order valence-electron chi connectivity index (χ1n) is 9.46. The van der Waals surface area contributed by atoms with Crippen LogP contribution in [0, 0.1) is 12.7 Å². The third-order valence-electron chi connectivity index (χ3n) is 5.76. The quantitative estimate of drug-likeness (QED) is 0.490. The van der Waals surface area contributed by atoms with Gasteiger partial charge in [0.2, 0.25) is 0 Å². The van der Waals surface area contributed by atoms with E-state index in [1.807, 2.05) is 0 Å². The normalized spacial score (nSPS) is 24.0. The molecule has 158 valence electrons. The van der Waals surface area contributed by atoms with Gasteiger partial charge in [0.1, 0.15) is 0 Å². The van der Waals surface area contributed by atoms with Crippen LogP contribution >= 0.6 is 0 Å². The van der Waals surface area contributed by atoms with E-state index in [-0.39, 0.29) is 11.1 Å². The zero-order valence-electron chi connectivity index (χ0n) is 16.3. The van der Waals surface area contributed by atoms with Crippen molar-refractivity contribution in [2.75, 3.05) is 5.32 Å². The van der Waals surface area contributed by atoms with Crippen molar-refractivity contribution in [3.05, 3.63) is 65.1 Å². The van der Waals surface area contributed by atoms with Crippen LogP contribution in [-0.4, -0.2) is 27.0 Å². The number of halogens is 4. The van der Waals surface area contributed by atoms with Gasteiger partial charge in [0.15, 0.2) is 17.2 Å². The van der Waals surface area contributed by atoms with Crippen LogP contribution < -0.4 is 5.32 Å². The second-order valence-corrected chi connectivity index (χ2v) is 7.83. The van der Waals surface area contributed by atoms with Gasteiger partial charge in [-0.2, -0.15) is 13.2 Å². The number of aryl methyl sites for hydroxylation is 1. The van der Waals surface area contributed by atoms with Crippen LogP contribution in [0.3, 0.4) is 0 Å². The Kier molecular flexibility index (Phi) is 4.65. The van der Waals surface area contributed by atoms with Crippen LogP contribution in [0.5, 0.6) is 5.75 Å². The second-order valence-electron chi connectivity index (χ2n) is 7.83. The maximum absolute atomic E-state index is 14.1. The van der Waals surface area contributed by atoms with E-state index in [1.165, 1.54) is 13.0 Å². The molecule has 30 heavy (non-hydrogen) atoms. The fourth-order valence-corrected chi connectivity index (χ4v) is 4.33. The molecule has 0 bridgehead atoms. The van der Waals surface area contributed by atoms with Crippen LogP contribution in [0.25, 0.3) is 10.9 Å². The molecule has 0 radical (unpaired) electrons. The second kappa shape index (κ2) is 6.84. The molecule has 0 amide bonds. The highest BCUT2D eigenvalue weighted by atomic mass is 19.4. The minimum absolute atomic E-state index is 0.00421. The van der Waals surface area contributed by atoms with Gasteiger partial charge in [-0.1, -0.05) is 19.1 Å². The summed E-state index contributed by atoms with van der Waals surface area (Å²) in [7, 11) is 0. The average molecular weight is 420 g/mol. The van der Waals surface area contributed by atoms with Gasteiger partial charge >= 0.3 is 6.18 Å². The van der Waals surface area contributed by atoms with Gasteiger partial charge in [0.05, 0.1) is 11.6 Å². The predicted octanol–water partition coefficient (Wildman–Crippen LogP) is 5.34. The molecule has 0 saturated carbocycles. The van der Waals surface area contributed by atoms with Gasteiger partial charge in [-0.25, -0.2) is 4.39 Å². The Morgan fingerprint density at radius 3 is 2.57 bits per heavy atom. The number of hydrogen-bond acceptors (Lipinski definition) is 4. The molecule has 0 spiro atoms. The standard InChI is InChI=1S/C22H20F4N2O2/c1-11-10-21(30,22(24,25)26)20(14-8-9-15(23)19(29)18(11)14)28-17-5-3-4-16-13(17)7-6-12(2)27-16/h3-9,11,20,28-30H,10H2,1-2H3. The molecule has 1 aliphatic carbocycles. The number of anilines is 1. The minimum atomic E-state index is -4.96. The van der Waals surface area contributed by atoms with Crippen molar-refractivity contribution in [3.8, 4) is 5.75 Å². The van der Waals surface area contributed by atoms with E-state index in [0.717, 1.165) is 11.8 Å². The van der Waals surface area contributed by atoms with E-state index in [1.54, 1.807) is 37.3 Å². The van der Waals surface area contributed by atoms with Gasteiger partial charge in [0.25, 0.3) is 0 Å². The Bertz CT molecular complexity index is 1130. The summed E-state index contributed by atoms with van der Waals surface area (Å²) in [5.41, 5.74) is -1.37. The molecule has 3 N–H and O–H groups in total. The third kappa shape index (κ3) is 3.06. The van der Waals surface area contributed by atoms with Crippen molar-refractivity contribution < 1.29 is 27.8 Å². The Hall–Kier alpha value is -2.87. The number of aromatic hydroxyl groups is 1. The molecule has 4 rings (SSSR count). The van der Waals surface area contributed by atoms with Crippen molar-refractivity contribution in [2.45, 2.75) is 44.0 Å². The molecule has 1 heterocycles. The van der Waals surface area contributed by atoms with E-state index in [4.69, 9.17) is 0 Å². The summed E-state index contributed by atoms with van der Waals surface area (Å²) in [5, 5.41) is 24.4. The summed E-state index contributed by atoms with van der Waals surface area (Å²) in [6.07, 6.45) is -5.68. The molecule has 3 aromatic rings. The number of phenolic OH excluding ortho intramolecular Hbond substituents is 1. The van der Waals surface area contributed by atoms with E-state index >= 15 is 0 Å². The number of fused-ring (bicyclic) bond motifs is 2. The average Bonchev–Trinajstić information content (AvgIpc) is 2.66. The largest absolute Gasteiger partial charge is 0.505 e. The molecule has 1 aromatic heterocycles. The number of nitrogens with zero attached hydrogens (tertiary/aromatic N) is 1. The molecular weight excluding hydrogens is 400 g/mol. The SMILES string of the molecule is Cc1ccc2c(NC3c4ccc(F)c(O)c4C(C)CC3(O)C(F)(F)F)cccc2n1. The van der Waals surface area contributed by atoms with Crippen LogP contribution in [0.1, 0.15) is 42.1 Å². The van der Waals surface area contributed by atoms with E-state index in [9.17, 15) is 27.8 Å². The van der Waals surface area contributed by atoms with Crippen molar-refractivity contribution in [1.82, 2.24) is 4.98 Å². The molecule has 0 aliphatic heterocycles. The molecular formula is C22H20F4N2O2. The molecule has 2 aromatic carbocycles. The van der Waals surface area contributed by atoms with Crippen LogP contribution in [0.4, 0.5) is 23.2 Å². The number of rotatable bonds is 2. The number of hydrogen-bond donors (Lipinski definition) is 3. The van der Waals surface area contributed by atoms with Crippen molar-refractivity contribution >= 4 is 16.6 Å². The van der Waals surface area contributed by atoms with Crippen molar-refractivity contribution in [1.29, 1.82) is 0 Å². The summed E-state index contributed by atoms with van der Waals surface area (Å²) in [6.45, 7) is 3.23. The summed E-state index contributed by atoms with van der Waals surface area (Å²) in [6, 6.07) is 8.90. The third-order valence-corrected chi connectivity index (χ3v) is 5.76. The highest BCUT2D eigenvalue weighted by Gasteiger charge is 2.62. The Morgan fingerprint density at radius 2 is 1.87 bits per heavy atom. The molecule has 0 saturated heterocycles. The van der Waals surface area contributed by atoms with E-state index in [2.05, 4.69) is 10.3 Å². The van der Waals surface area contributed by atoms with Crippen LogP contribution in [-0.2, 0) is 0 Å². The summed E-state index contributed by atoms with van der Waals surface area (Å²) >= 11 is 0. The number of aliphatic hydroxyl groups is 1. The molecule has 3 atom stereocenters. The number of benzene rings is 2. The number of aromatic nitrogens is 1. The number of nitrogens with one attached hydrogen (secondary N) is 1. The first-order chi connectivity index (χ1) is 14.0. The van der Waals surface area contributed by atoms with Crippen LogP contribution in [0.2, 0.25) is 0 Å². The molecule has 1 aliphatic rings. The zero-order chi connectivity index (χ0) is 21.8. The maximum Gasteiger partial charge on any atom is 0.419 e. The van der Waals surface area contributed by atoms with Gasteiger partial charge in [-0.05, 0) is 55.2 Å². The lowest BCUT2D eigenvalue weighted by Crippen LogP contribution is -2.55. The number of phenols is 1. The molecule has 8 heteroatoms. The molecule has 4 nitrogen and oxygen atoms in total. The summed E-state index contributed by atoms with van der Waals surface area (Å²) in [4.78, 5) is 4.38. The summed E-state index contributed by atoms with van der Waals surface area (Å²) in [5.74, 6) is -2.51. The zero-order valence-corrected chi connectivity index (χ0v) is 16.3. The molecule has 0 fully saturated rings. The van der Waals surface area contributed by atoms with Gasteiger partial charge < -0.3 is 15.5 Å². The summed E-state index contributed by atoms with van der Waals surface area (Å²) < 4.78 is 56.1. The van der Waals surface area contributed by atoms with Gasteiger partial charge in [-0.3, -0.25) is 4.98 Å². The highest BCUT2D eigenvalue weighted by molar-refractivity contribution is 5.91. The van der Waals surface area contributed by atoms with Crippen molar-refractivity contribution in [3.63, 3.8) is 0 Å². The lowest BCUT2D eigenvalue weighted by Gasteiger charge is -2.45. The van der Waals surface area contributed by atoms with E-state index < -0.39 is 41.7 Å². The monoisotopic (exact) mass is 420 g/mol. The Balaban J connectivity index is 1.92. The van der Waals surface area contributed by atoms with Crippen molar-refractivity contribution in [2.24, 2.45) is 0 Å². The van der Waals surface area contributed by atoms with E-state index in [0.29, 0.717) is 16.6 Å². The smallest absolute Gasteiger partial charge is 0.419 e. The van der Waals surface area contributed by atoms with Crippen LogP contribution in [0.15, 0.2) is 42.5 Å². The lowest BCUT2D eigenvalue weighted by molar-refractivity contribution is -0.272. The predicted molar refractivity (Wildman–Crippen MR) is 105 cm³/mol. The lowest BCUT2D eigenvalue weighted by atomic mass is 9.70. The fourth-order valence-electron chi connectivity index (χ4n) is 4.33. The first-order valence-corrected chi connectivity index (χ1v) is 9.46. The van der Waals surface area contributed by atoms with Gasteiger partial charge in [0, 0.05) is 22.3 Å². The molecule has 3 unspecified atom stereocenters. The Morgan fingerprint density at radius 1 is 1.13 bits per heavy atom. The number of alkyl halides is 3. The Labute approximate surface area is 170 Å². The van der Waals surface area contributed by atoms with Gasteiger partial charge in [-0.15, -0.1) is 0 Å². The number of pyridine rings is 1. The minimum Gasteiger partial charge on any atom is -0.505 e. The topological polar surface area (TPSA) is 65.4 Å². The first kappa shape index (κ1) is 20.4. The fraction of sp³-hybridized carbons (Fsp3) is 0.318. The maximum atomic E-state index is 14.1. The highest BCUT2D eigenvalue weighted by Crippen LogP contribution is 2.54.